The topological polar surface area (TPSA) is 109 Å². The van der Waals surface area contributed by atoms with E-state index < -0.39 is 5.97 Å². The van der Waals surface area contributed by atoms with Crippen molar-refractivity contribution in [3.8, 4) is 5.75 Å². The molecule has 0 radical (unpaired) electrons. The van der Waals surface area contributed by atoms with Gasteiger partial charge in [-0.2, -0.15) is 0 Å². The predicted octanol–water partition coefficient (Wildman–Crippen LogP) is 3.12. The minimum absolute atomic E-state index is 0.0286. The lowest BCUT2D eigenvalue weighted by Gasteiger charge is -2.00. The Morgan fingerprint density at radius 1 is 1.28 bits per heavy atom. The molecular formula is C17H16N4O4. The third kappa shape index (κ3) is 3.48. The number of aliphatic hydroxyl groups excluding tert-OH is 1. The fourth-order valence-electron chi connectivity index (χ4n) is 2.26. The standard InChI is InChI=1S/C17H16N4O4/c1-2-25-17(24)15-16(20-19-12-4-3-5-13(23)9-12)21-7-6-11(10-22)8-14(21)18-15/h3-9,22-23H,2,10H2,1H3. The number of pyridine rings is 1. The van der Waals surface area contributed by atoms with Crippen LogP contribution < -0.4 is 0 Å². The number of ether oxygens (including phenoxy) is 1. The summed E-state index contributed by atoms with van der Waals surface area (Å²) in [6.45, 7) is 1.77. The average Bonchev–Trinajstić information content (AvgIpc) is 2.98. The van der Waals surface area contributed by atoms with Crippen LogP contribution in [0.2, 0.25) is 0 Å². The van der Waals surface area contributed by atoms with Gasteiger partial charge in [0.1, 0.15) is 11.4 Å². The van der Waals surface area contributed by atoms with Crippen LogP contribution in [-0.4, -0.2) is 32.2 Å². The molecule has 128 valence electrons. The number of hydrogen-bond acceptors (Lipinski definition) is 7. The molecule has 8 nitrogen and oxygen atoms in total. The Bertz CT molecular complexity index is 949. The van der Waals surface area contributed by atoms with Crippen LogP contribution in [0.4, 0.5) is 11.5 Å². The number of esters is 1. The number of aliphatic hydroxyl groups is 1. The molecule has 3 rings (SSSR count). The molecule has 8 heteroatoms. The number of aromatic nitrogens is 2. The minimum Gasteiger partial charge on any atom is -0.508 e. The number of imidazole rings is 1. The van der Waals surface area contributed by atoms with Gasteiger partial charge in [0.05, 0.1) is 18.9 Å². The van der Waals surface area contributed by atoms with Crippen LogP contribution in [0.25, 0.3) is 5.65 Å². The van der Waals surface area contributed by atoms with Crippen molar-refractivity contribution in [3.05, 3.63) is 53.9 Å². The number of benzene rings is 1. The number of aromatic hydroxyl groups is 1. The summed E-state index contributed by atoms with van der Waals surface area (Å²) in [6, 6.07) is 9.61. The molecule has 0 aliphatic carbocycles. The molecule has 0 aliphatic heterocycles. The molecule has 0 bridgehead atoms. The maximum Gasteiger partial charge on any atom is 0.360 e. The lowest BCUT2D eigenvalue weighted by molar-refractivity contribution is 0.0521. The Morgan fingerprint density at radius 3 is 2.84 bits per heavy atom. The summed E-state index contributed by atoms with van der Waals surface area (Å²) in [6.07, 6.45) is 1.65. The van der Waals surface area contributed by atoms with Crippen LogP contribution in [0.15, 0.2) is 52.8 Å². The van der Waals surface area contributed by atoms with Gasteiger partial charge in [-0.3, -0.25) is 4.40 Å². The summed E-state index contributed by atoms with van der Waals surface area (Å²) in [4.78, 5) is 16.4. The highest BCUT2D eigenvalue weighted by Crippen LogP contribution is 2.26. The Hall–Kier alpha value is -3.26. The Labute approximate surface area is 143 Å². The van der Waals surface area contributed by atoms with E-state index >= 15 is 0 Å². The molecule has 0 saturated heterocycles. The molecule has 2 N–H and O–H groups in total. The number of carbonyl (C=O) groups excluding carboxylic acids is 1. The van der Waals surface area contributed by atoms with E-state index in [0.717, 1.165) is 0 Å². The Morgan fingerprint density at radius 2 is 2.12 bits per heavy atom. The van der Waals surface area contributed by atoms with Gasteiger partial charge >= 0.3 is 5.97 Å². The van der Waals surface area contributed by atoms with Gasteiger partial charge in [0, 0.05) is 12.3 Å². The number of carbonyl (C=O) groups is 1. The third-order valence-electron chi connectivity index (χ3n) is 3.41. The van der Waals surface area contributed by atoms with E-state index in [9.17, 15) is 15.0 Å². The van der Waals surface area contributed by atoms with Crippen molar-refractivity contribution in [3.63, 3.8) is 0 Å². The summed E-state index contributed by atoms with van der Waals surface area (Å²) >= 11 is 0. The Balaban J connectivity index is 2.10. The van der Waals surface area contributed by atoms with Gasteiger partial charge in [-0.05, 0) is 36.8 Å². The fraction of sp³-hybridized carbons (Fsp3) is 0.176. The van der Waals surface area contributed by atoms with E-state index in [1.54, 1.807) is 41.8 Å². The van der Waals surface area contributed by atoms with Crippen LogP contribution in [0.5, 0.6) is 5.75 Å². The quantitative estimate of drug-likeness (QED) is 0.548. The zero-order chi connectivity index (χ0) is 17.8. The van der Waals surface area contributed by atoms with Gasteiger partial charge in [0.25, 0.3) is 0 Å². The minimum atomic E-state index is -0.610. The van der Waals surface area contributed by atoms with Crippen LogP contribution in [0.3, 0.4) is 0 Å². The number of rotatable bonds is 5. The Kier molecular flexibility index (Phi) is 4.71. The number of phenolic OH excluding ortho intramolecular Hbond substituents is 1. The fourth-order valence-corrected chi connectivity index (χ4v) is 2.26. The molecule has 2 heterocycles. The molecule has 0 amide bonds. The van der Waals surface area contributed by atoms with E-state index in [4.69, 9.17) is 4.74 Å². The first-order valence-corrected chi connectivity index (χ1v) is 7.62. The second-order valence-corrected chi connectivity index (χ2v) is 5.15. The third-order valence-corrected chi connectivity index (χ3v) is 3.41. The van der Waals surface area contributed by atoms with Gasteiger partial charge in [0.2, 0.25) is 0 Å². The zero-order valence-electron chi connectivity index (χ0n) is 13.5. The highest BCUT2D eigenvalue weighted by Gasteiger charge is 2.20. The van der Waals surface area contributed by atoms with E-state index in [1.807, 2.05) is 0 Å². The van der Waals surface area contributed by atoms with Crippen LogP contribution in [0, 0.1) is 0 Å². The van der Waals surface area contributed by atoms with E-state index in [-0.39, 0.29) is 30.5 Å². The number of azo groups is 1. The summed E-state index contributed by atoms with van der Waals surface area (Å²) < 4.78 is 6.60. The molecule has 1 aromatic carbocycles. The van der Waals surface area contributed by atoms with Gasteiger partial charge in [0.15, 0.2) is 11.5 Å². The first-order chi connectivity index (χ1) is 12.1. The number of hydrogen-bond donors (Lipinski definition) is 2. The average molecular weight is 340 g/mol. The highest BCUT2D eigenvalue weighted by atomic mass is 16.5. The molecule has 2 aromatic heterocycles. The monoisotopic (exact) mass is 340 g/mol. The lowest BCUT2D eigenvalue weighted by atomic mass is 10.3. The van der Waals surface area contributed by atoms with E-state index in [0.29, 0.717) is 16.9 Å². The molecular weight excluding hydrogens is 324 g/mol. The predicted molar refractivity (Wildman–Crippen MR) is 89.4 cm³/mol. The molecule has 0 spiro atoms. The molecule has 0 unspecified atom stereocenters. The highest BCUT2D eigenvalue weighted by molar-refractivity contribution is 5.93. The maximum absolute atomic E-state index is 12.2. The lowest BCUT2D eigenvalue weighted by Crippen LogP contribution is -2.05. The number of fused-ring (bicyclic) bond motifs is 1. The van der Waals surface area contributed by atoms with E-state index in [1.165, 1.54) is 12.1 Å². The van der Waals surface area contributed by atoms with Gasteiger partial charge < -0.3 is 14.9 Å². The normalized spacial score (nSPS) is 11.3. The maximum atomic E-state index is 12.2. The molecule has 0 fully saturated rings. The van der Waals surface area contributed by atoms with Crippen molar-refractivity contribution in [2.75, 3.05) is 6.61 Å². The second-order valence-electron chi connectivity index (χ2n) is 5.15. The van der Waals surface area contributed by atoms with Crippen molar-refractivity contribution >= 4 is 23.1 Å². The SMILES string of the molecule is CCOC(=O)c1nc2cc(CO)ccn2c1N=Nc1cccc(O)c1. The van der Waals surface area contributed by atoms with Crippen molar-refractivity contribution in [1.82, 2.24) is 9.38 Å². The summed E-state index contributed by atoms with van der Waals surface area (Å²) in [5.74, 6) is -0.337. The van der Waals surface area contributed by atoms with Crippen LogP contribution >= 0.6 is 0 Å². The van der Waals surface area contributed by atoms with Crippen molar-refractivity contribution < 1.29 is 19.7 Å². The smallest absolute Gasteiger partial charge is 0.360 e. The van der Waals surface area contributed by atoms with Gasteiger partial charge in [-0.15, -0.1) is 10.2 Å². The first-order valence-electron chi connectivity index (χ1n) is 7.62. The van der Waals surface area contributed by atoms with Crippen molar-refractivity contribution in [2.24, 2.45) is 10.2 Å². The molecule has 0 saturated carbocycles. The summed E-state index contributed by atoms with van der Waals surface area (Å²) in [5, 5.41) is 26.9. The summed E-state index contributed by atoms with van der Waals surface area (Å²) in [5.41, 5.74) is 1.56. The molecule has 25 heavy (non-hydrogen) atoms. The zero-order valence-corrected chi connectivity index (χ0v) is 13.5. The number of nitrogens with zero attached hydrogens (tertiary/aromatic N) is 4. The second kappa shape index (κ2) is 7.10. The number of phenols is 1. The van der Waals surface area contributed by atoms with Crippen molar-refractivity contribution in [1.29, 1.82) is 0 Å². The molecule has 3 aromatic rings. The summed E-state index contributed by atoms with van der Waals surface area (Å²) in [7, 11) is 0. The van der Waals surface area contributed by atoms with E-state index in [2.05, 4.69) is 15.2 Å². The van der Waals surface area contributed by atoms with Crippen LogP contribution in [0.1, 0.15) is 23.0 Å². The molecule has 0 aliphatic rings. The first kappa shape index (κ1) is 16.6. The largest absolute Gasteiger partial charge is 0.508 e. The molecule has 0 atom stereocenters. The van der Waals surface area contributed by atoms with Crippen LogP contribution in [-0.2, 0) is 11.3 Å². The van der Waals surface area contributed by atoms with Gasteiger partial charge in [-0.25, -0.2) is 9.78 Å². The van der Waals surface area contributed by atoms with Crippen molar-refractivity contribution in [2.45, 2.75) is 13.5 Å². The van der Waals surface area contributed by atoms with Gasteiger partial charge in [-0.1, -0.05) is 6.07 Å².